The van der Waals surface area contributed by atoms with E-state index in [1.807, 2.05) is 62.4 Å². The minimum absolute atomic E-state index is 0.0661. The first-order valence-electron chi connectivity index (χ1n) is 11.5. The van der Waals surface area contributed by atoms with Gasteiger partial charge in [0, 0.05) is 17.0 Å². The minimum Gasteiger partial charge on any atom is -0.461 e. The van der Waals surface area contributed by atoms with Gasteiger partial charge in [0.05, 0.1) is 6.42 Å². The van der Waals surface area contributed by atoms with Gasteiger partial charge in [-0.05, 0) is 41.5 Å². The normalized spacial score (nSPS) is 13.2. The van der Waals surface area contributed by atoms with Gasteiger partial charge in [0.15, 0.2) is 7.14 Å². The Morgan fingerprint density at radius 3 is 1.91 bits per heavy atom. The second-order valence-corrected chi connectivity index (χ2v) is 12.6. The quantitative estimate of drug-likeness (QED) is 0.273. The zero-order chi connectivity index (χ0) is 24.9. The molecule has 0 aliphatic carbocycles. The minimum atomic E-state index is -3.58. The van der Waals surface area contributed by atoms with Gasteiger partial charge in [-0.25, -0.2) is 0 Å². The Balaban J connectivity index is 1.88. The fraction of sp³-hybridized carbons (Fsp3) is 0.310. The summed E-state index contributed by atoms with van der Waals surface area (Å²) < 4.78 is 19.7. The molecule has 0 radical (unpaired) electrons. The second-order valence-electron chi connectivity index (χ2n) is 9.74. The van der Waals surface area contributed by atoms with E-state index in [0.717, 1.165) is 22.3 Å². The molecule has 0 aromatic heterocycles. The molecule has 0 saturated heterocycles. The van der Waals surface area contributed by atoms with Crippen molar-refractivity contribution in [1.29, 1.82) is 0 Å². The highest BCUT2D eigenvalue weighted by atomic mass is 31.2. The average Bonchev–Trinajstić information content (AvgIpc) is 2.81. The molecule has 1 unspecified atom stereocenters. The maximum absolute atomic E-state index is 14.3. The molecule has 0 fully saturated rings. The van der Waals surface area contributed by atoms with E-state index in [2.05, 4.69) is 20.8 Å². The second kappa shape index (κ2) is 10.5. The van der Waals surface area contributed by atoms with Crippen LogP contribution in [0, 0.1) is 13.8 Å². The van der Waals surface area contributed by atoms with Crippen LogP contribution in [-0.2, 0) is 26.1 Å². The molecule has 0 saturated carbocycles. The van der Waals surface area contributed by atoms with Gasteiger partial charge < -0.3 is 9.30 Å². The summed E-state index contributed by atoms with van der Waals surface area (Å²) in [4.78, 5) is 26.3. The maximum atomic E-state index is 14.3. The van der Waals surface area contributed by atoms with Gasteiger partial charge in [0.25, 0.3) is 0 Å². The number of carbonyl (C=O) groups excluding carboxylic acids is 2. The van der Waals surface area contributed by atoms with Crippen LogP contribution in [0.5, 0.6) is 0 Å². The van der Waals surface area contributed by atoms with Crippen LogP contribution in [0.2, 0.25) is 0 Å². The molecule has 1 atom stereocenters. The predicted molar refractivity (Wildman–Crippen MR) is 138 cm³/mol. The van der Waals surface area contributed by atoms with Crippen LogP contribution < -0.4 is 5.30 Å². The third kappa shape index (κ3) is 5.93. The smallest absolute Gasteiger partial charge is 0.306 e. The molecule has 0 aliphatic heterocycles. The molecule has 34 heavy (non-hydrogen) atoms. The van der Waals surface area contributed by atoms with Gasteiger partial charge in [-0.15, -0.1) is 0 Å². The molecule has 0 heterocycles. The van der Waals surface area contributed by atoms with E-state index in [9.17, 15) is 14.2 Å². The van der Waals surface area contributed by atoms with Gasteiger partial charge in [-0.1, -0.05) is 93.6 Å². The number of ether oxygens (including phenoxy) is 1. The highest BCUT2D eigenvalue weighted by Gasteiger charge is 2.37. The van der Waals surface area contributed by atoms with Crippen LogP contribution in [-0.4, -0.2) is 17.7 Å². The average molecular weight is 477 g/mol. The van der Waals surface area contributed by atoms with E-state index < -0.39 is 18.6 Å². The number of hydrogen-bond acceptors (Lipinski definition) is 4. The fourth-order valence-electron chi connectivity index (χ4n) is 3.99. The lowest BCUT2D eigenvalue weighted by atomic mass is 9.84. The van der Waals surface area contributed by atoms with Gasteiger partial charge in [-0.3, -0.25) is 9.59 Å². The zero-order valence-corrected chi connectivity index (χ0v) is 21.5. The van der Waals surface area contributed by atoms with Crippen molar-refractivity contribution in [3.05, 3.63) is 101 Å². The predicted octanol–water partition coefficient (Wildman–Crippen LogP) is 6.56. The first-order chi connectivity index (χ1) is 16.0. The van der Waals surface area contributed by atoms with Crippen LogP contribution in [0.25, 0.3) is 0 Å². The Morgan fingerprint density at radius 1 is 0.853 bits per heavy atom. The number of carbonyl (C=O) groups is 2. The molecule has 0 aliphatic rings. The Labute approximate surface area is 202 Å². The van der Waals surface area contributed by atoms with Gasteiger partial charge >= 0.3 is 5.97 Å². The van der Waals surface area contributed by atoms with Crippen molar-refractivity contribution in [2.75, 3.05) is 6.16 Å². The lowest BCUT2D eigenvalue weighted by Crippen LogP contribution is -2.20. The molecule has 0 amide bonds. The Bertz CT molecular complexity index is 1180. The van der Waals surface area contributed by atoms with Crippen LogP contribution in [0.1, 0.15) is 59.8 Å². The van der Waals surface area contributed by atoms with Gasteiger partial charge in [-0.2, -0.15) is 0 Å². The summed E-state index contributed by atoms with van der Waals surface area (Å²) in [5.74, 6) is -0.468. The van der Waals surface area contributed by atoms with Gasteiger partial charge in [0.1, 0.15) is 6.61 Å². The summed E-state index contributed by atoms with van der Waals surface area (Å²) in [6.45, 7) is 10.3. The molecule has 5 heteroatoms. The Morgan fingerprint density at radius 2 is 1.38 bits per heavy atom. The first-order valence-corrected chi connectivity index (χ1v) is 13.4. The zero-order valence-electron chi connectivity index (χ0n) is 20.6. The fourth-order valence-corrected chi connectivity index (χ4v) is 6.55. The summed E-state index contributed by atoms with van der Waals surface area (Å²) in [6, 6.07) is 22.2. The summed E-state index contributed by atoms with van der Waals surface area (Å²) in [5, 5.41) is 0.467. The van der Waals surface area contributed by atoms with Crippen molar-refractivity contribution in [2.45, 2.75) is 53.1 Å². The van der Waals surface area contributed by atoms with E-state index in [4.69, 9.17) is 4.74 Å². The topological polar surface area (TPSA) is 60.4 Å². The Hall–Kier alpha value is -2.97. The summed E-state index contributed by atoms with van der Waals surface area (Å²) in [6.07, 6.45) is -0.160. The molecular formula is C29H33O4P. The number of rotatable bonds is 8. The van der Waals surface area contributed by atoms with Crippen molar-refractivity contribution in [2.24, 2.45) is 0 Å². The van der Waals surface area contributed by atoms with Crippen LogP contribution in [0.15, 0.2) is 72.8 Å². The largest absolute Gasteiger partial charge is 0.461 e. The highest BCUT2D eigenvalue weighted by molar-refractivity contribution is 7.87. The summed E-state index contributed by atoms with van der Waals surface area (Å²) in [7, 11) is -3.58. The molecule has 0 N–H and O–H groups in total. The molecule has 0 bridgehead atoms. The molecule has 3 aromatic rings. The van der Waals surface area contributed by atoms with Crippen molar-refractivity contribution < 1.29 is 18.9 Å². The monoisotopic (exact) mass is 476 g/mol. The number of aryl methyl sites for hydroxylation is 2. The maximum Gasteiger partial charge on any atom is 0.306 e. The van der Waals surface area contributed by atoms with Crippen molar-refractivity contribution >= 4 is 23.9 Å². The number of benzene rings is 3. The lowest BCUT2D eigenvalue weighted by Gasteiger charge is -2.24. The molecule has 0 spiro atoms. The van der Waals surface area contributed by atoms with Crippen LogP contribution >= 0.6 is 7.14 Å². The third-order valence-electron chi connectivity index (χ3n) is 5.99. The lowest BCUT2D eigenvalue weighted by molar-refractivity contribution is -0.144. The van der Waals surface area contributed by atoms with Crippen LogP contribution in [0.3, 0.4) is 0 Å². The number of esters is 1. The standard InChI is InChI=1S/C29H33O4P/c1-21-18-24(29(3,4)5)19-22(2)27(21)28(31)34(32,25-14-10-7-11-15-25)17-16-26(30)33-20-23-12-8-6-9-13-23/h6-15,18-19H,16-17,20H2,1-5H3. The van der Waals surface area contributed by atoms with E-state index in [1.165, 1.54) is 0 Å². The van der Waals surface area contributed by atoms with E-state index in [0.29, 0.717) is 10.9 Å². The number of hydrogen-bond donors (Lipinski definition) is 0. The van der Waals surface area contributed by atoms with E-state index in [-0.39, 0.29) is 24.6 Å². The molecule has 4 nitrogen and oxygen atoms in total. The molecule has 3 rings (SSSR count). The third-order valence-corrected chi connectivity index (χ3v) is 8.85. The Kier molecular flexibility index (Phi) is 7.94. The van der Waals surface area contributed by atoms with Gasteiger partial charge in [0.2, 0.25) is 5.52 Å². The first kappa shape index (κ1) is 25.6. The van der Waals surface area contributed by atoms with Crippen molar-refractivity contribution in [3.63, 3.8) is 0 Å². The van der Waals surface area contributed by atoms with Crippen molar-refractivity contribution in [1.82, 2.24) is 0 Å². The molecule has 178 valence electrons. The summed E-state index contributed by atoms with van der Waals surface area (Å²) >= 11 is 0. The van der Waals surface area contributed by atoms with E-state index >= 15 is 0 Å². The highest BCUT2D eigenvalue weighted by Crippen LogP contribution is 2.49. The SMILES string of the molecule is Cc1cc(C(C)(C)C)cc(C)c1C(=O)P(=O)(CCC(=O)OCc1ccccc1)c1ccccc1. The van der Waals surface area contributed by atoms with E-state index in [1.54, 1.807) is 24.3 Å². The summed E-state index contributed by atoms with van der Waals surface area (Å²) in [5.41, 5.74) is 3.63. The molecule has 3 aromatic carbocycles. The van der Waals surface area contributed by atoms with Crippen LogP contribution in [0.4, 0.5) is 0 Å². The molecular weight excluding hydrogens is 443 g/mol. The van der Waals surface area contributed by atoms with Crippen molar-refractivity contribution in [3.8, 4) is 0 Å².